The zero-order chi connectivity index (χ0) is 21.5. The molecule has 1 atom stereocenters. The number of halogens is 1. The van der Waals surface area contributed by atoms with Gasteiger partial charge in [0.1, 0.15) is 22.9 Å². The SMILES string of the molecule is COC(=O)N1CCCN(c2ncnc3c2CN(c2cc(Cl)nc4[nH]ccc24)[C@H](C)C3)C1. The summed E-state index contributed by atoms with van der Waals surface area (Å²) in [5.41, 5.74) is 3.95. The van der Waals surface area contributed by atoms with E-state index in [-0.39, 0.29) is 12.1 Å². The van der Waals surface area contributed by atoms with Crippen molar-refractivity contribution >= 4 is 40.2 Å². The molecule has 3 aromatic heterocycles. The second-order valence-corrected chi connectivity index (χ2v) is 8.39. The van der Waals surface area contributed by atoms with Gasteiger partial charge in [0.15, 0.2) is 0 Å². The lowest BCUT2D eigenvalue weighted by Gasteiger charge is -2.40. The number of nitrogens with zero attached hydrogens (tertiary/aromatic N) is 6. The highest BCUT2D eigenvalue weighted by atomic mass is 35.5. The van der Waals surface area contributed by atoms with E-state index < -0.39 is 0 Å². The number of anilines is 2. The number of methoxy groups -OCH3 is 1. The van der Waals surface area contributed by atoms with Gasteiger partial charge in [0.05, 0.1) is 25.2 Å². The number of hydrogen-bond donors (Lipinski definition) is 1. The minimum absolute atomic E-state index is 0.236. The third-order valence-corrected chi connectivity index (χ3v) is 6.27. The fourth-order valence-corrected chi connectivity index (χ4v) is 4.75. The van der Waals surface area contributed by atoms with Crippen LogP contribution in [0.4, 0.5) is 16.3 Å². The van der Waals surface area contributed by atoms with Crippen molar-refractivity contribution in [1.29, 1.82) is 0 Å². The molecule has 31 heavy (non-hydrogen) atoms. The van der Waals surface area contributed by atoms with Crippen molar-refractivity contribution in [2.24, 2.45) is 0 Å². The summed E-state index contributed by atoms with van der Waals surface area (Å²) in [5.74, 6) is 0.876. The summed E-state index contributed by atoms with van der Waals surface area (Å²) in [7, 11) is 1.41. The molecule has 0 radical (unpaired) electrons. The van der Waals surface area contributed by atoms with Crippen LogP contribution in [0.25, 0.3) is 11.0 Å². The number of rotatable bonds is 2. The molecule has 1 fully saturated rings. The van der Waals surface area contributed by atoms with Gasteiger partial charge in [-0.05, 0) is 25.5 Å². The van der Waals surface area contributed by atoms with Crippen LogP contribution in [0.2, 0.25) is 5.15 Å². The van der Waals surface area contributed by atoms with E-state index in [1.165, 1.54) is 7.11 Å². The molecule has 0 unspecified atom stereocenters. The quantitative estimate of drug-likeness (QED) is 0.610. The number of fused-ring (bicyclic) bond motifs is 2. The number of aromatic nitrogens is 4. The summed E-state index contributed by atoms with van der Waals surface area (Å²) in [4.78, 5) is 35.0. The standard InChI is InChI=1S/C21H24ClN7O2/c1-13-8-16-15(10-29(13)17-9-18(22)26-19-14(17)4-5-23-19)20(25-11-24-16)27-6-3-7-28(12-27)21(30)31-2/h4-5,9,11,13H,3,6-8,10,12H2,1-2H3,(H,23,26)/t13-/m1/s1. The van der Waals surface area contributed by atoms with Crippen molar-refractivity contribution in [3.8, 4) is 0 Å². The van der Waals surface area contributed by atoms with Crippen LogP contribution < -0.4 is 9.80 Å². The third-order valence-electron chi connectivity index (χ3n) is 6.08. The zero-order valence-corrected chi connectivity index (χ0v) is 18.3. The van der Waals surface area contributed by atoms with Crippen molar-refractivity contribution in [3.63, 3.8) is 0 Å². The Labute approximate surface area is 185 Å². The van der Waals surface area contributed by atoms with E-state index in [4.69, 9.17) is 16.3 Å². The van der Waals surface area contributed by atoms with Gasteiger partial charge < -0.3 is 19.5 Å². The molecule has 5 heterocycles. The lowest BCUT2D eigenvalue weighted by Crippen LogP contribution is -2.49. The van der Waals surface area contributed by atoms with Crippen LogP contribution in [-0.2, 0) is 17.7 Å². The first-order chi connectivity index (χ1) is 15.0. The van der Waals surface area contributed by atoms with E-state index in [9.17, 15) is 4.79 Å². The number of carbonyl (C=O) groups excluding carboxylic acids is 1. The number of amides is 1. The average molecular weight is 442 g/mol. The minimum atomic E-state index is -0.316. The maximum absolute atomic E-state index is 12.1. The Morgan fingerprint density at radius 3 is 3.03 bits per heavy atom. The van der Waals surface area contributed by atoms with Gasteiger partial charge in [-0.25, -0.2) is 19.7 Å². The van der Waals surface area contributed by atoms with Crippen LogP contribution >= 0.6 is 11.6 Å². The van der Waals surface area contributed by atoms with E-state index in [1.54, 1.807) is 11.2 Å². The lowest BCUT2D eigenvalue weighted by molar-refractivity contribution is 0.117. The molecular weight excluding hydrogens is 418 g/mol. The fourth-order valence-electron chi connectivity index (χ4n) is 4.57. The van der Waals surface area contributed by atoms with Gasteiger partial charge in [0, 0.05) is 49.2 Å². The van der Waals surface area contributed by atoms with E-state index in [0.717, 1.165) is 53.2 Å². The van der Waals surface area contributed by atoms with Gasteiger partial charge in [-0.15, -0.1) is 0 Å². The van der Waals surface area contributed by atoms with Crippen molar-refractivity contribution in [2.75, 3.05) is 36.7 Å². The largest absolute Gasteiger partial charge is 0.453 e. The predicted octanol–water partition coefficient (Wildman–Crippen LogP) is 3.19. The van der Waals surface area contributed by atoms with Gasteiger partial charge in [0.25, 0.3) is 0 Å². The average Bonchev–Trinajstić information content (AvgIpc) is 3.25. The van der Waals surface area contributed by atoms with Crippen LogP contribution in [0.1, 0.15) is 24.6 Å². The Morgan fingerprint density at radius 1 is 1.32 bits per heavy atom. The van der Waals surface area contributed by atoms with Gasteiger partial charge in [-0.3, -0.25) is 4.90 Å². The zero-order valence-electron chi connectivity index (χ0n) is 17.5. The van der Waals surface area contributed by atoms with E-state index in [2.05, 4.69) is 36.7 Å². The smallest absolute Gasteiger partial charge is 0.410 e. The van der Waals surface area contributed by atoms with Crippen LogP contribution in [0.15, 0.2) is 24.7 Å². The summed E-state index contributed by atoms with van der Waals surface area (Å²) in [6, 6.07) is 4.18. The molecule has 1 amide bonds. The van der Waals surface area contributed by atoms with Gasteiger partial charge in [-0.2, -0.15) is 0 Å². The molecule has 0 aliphatic carbocycles. The molecule has 1 N–H and O–H groups in total. The Bertz CT molecular complexity index is 1130. The minimum Gasteiger partial charge on any atom is -0.453 e. The van der Waals surface area contributed by atoms with Crippen molar-refractivity contribution in [3.05, 3.63) is 41.1 Å². The highest BCUT2D eigenvalue weighted by molar-refractivity contribution is 6.30. The molecule has 1 saturated heterocycles. The van der Waals surface area contributed by atoms with E-state index >= 15 is 0 Å². The Morgan fingerprint density at radius 2 is 2.19 bits per heavy atom. The number of ether oxygens (including phenoxy) is 1. The number of nitrogens with one attached hydrogen (secondary N) is 1. The van der Waals surface area contributed by atoms with Crippen molar-refractivity contribution in [2.45, 2.75) is 32.4 Å². The lowest BCUT2D eigenvalue weighted by atomic mass is 9.98. The number of hydrogen-bond acceptors (Lipinski definition) is 7. The van der Waals surface area contributed by atoms with E-state index in [1.807, 2.05) is 18.3 Å². The van der Waals surface area contributed by atoms with Gasteiger partial charge in [0.2, 0.25) is 0 Å². The molecule has 162 valence electrons. The van der Waals surface area contributed by atoms with E-state index in [0.29, 0.717) is 24.9 Å². The summed E-state index contributed by atoms with van der Waals surface area (Å²) in [6.07, 6.45) is 4.85. The fraction of sp³-hybridized carbons (Fsp3) is 0.429. The summed E-state index contributed by atoms with van der Waals surface area (Å²) < 4.78 is 4.92. The molecule has 5 rings (SSSR count). The normalized spacial score (nSPS) is 18.9. The third kappa shape index (κ3) is 3.52. The van der Waals surface area contributed by atoms with Crippen molar-refractivity contribution < 1.29 is 9.53 Å². The van der Waals surface area contributed by atoms with Gasteiger partial charge >= 0.3 is 6.09 Å². The van der Waals surface area contributed by atoms with Crippen LogP contribution in [0, 0.1) is 0 Å². The summed E-state index contributed by atoms with van der Waals surface area (Å²) in [6.45, 7) is 4.81. The predicted molar refractivity (Wildman–Crippen MR) is 118 cm³/mol. The number of H-pyrrole nitrogens is 1. The van der Waals surface area contributed by atoms with Crippen molar-refractivity contribution in [1.82, 2.24) is 24.8 Å². The molecule has 2 aliphatic heterocycles. The van der Waals surface area contributed by atoms with Gasteiger partial charge in [-0.1, -0.05) is 11.6 Å². The highest BCUT2D eigenvalue weighted by Crippen LogP contribution is 2.36. The Hall–Kier alpha value is -3.07. The number of aromatic amines is 1. The van der Waals surface area contributed by atoms with Crippen LogP contribution in [0.5, 0.6) is 0 Å². The molecule has 2 aliphatic rings. The molecule has 9 nitrogen and oxygen atoms in total. The molecule has 3 aromatic rings. The molecular formula is C21H24ClN7O2. The first-order valence-electron chi connectivity index (χ1n) is 10.4. The molecule has 0 aromatic carbocycles. The molecule has 0 saturated carbocycles. The second-order valence-electron chi connectivity index (χ2n) is 8.00. The number of carbonyl (C=O) groups is 1. The summed E-state index contributed by atoms with van der Waals surface area (Å²) in [5, 5.41) is 1.49. The Balaban J connectivity index is 1.51. The second kappa shape index (κ2) is 7.88. The molecule has 0 bridgehead atoms. The maximum atomic E-state index is 12.1. The number of pyridine rings is 1. The summed E-state index contributed by atoms with van der Waals surface area (Å²) >= 11 is 6.32. The first kappa shape index (κ1) is 19.9. The Kier molecular flexibility index (Phi) is 5.05. The van der Waals surface area contributed by atoms with Crippen LogP contribution in [0.3, 0.4) is 0 Å². The molecule has 10 heteroatoms. The maximum Gasteiger partial charge on any atom is 0.410 e. The van der Waals surface area contributed by atoms with Crippen LogP contribution in [-0.4, -0.2) is 63.8 Å². The topological polar surface area (TPSA) is 90.5 Å². The monoisotopic (exact) mass is 441 g/mol. The highest BCUT2D eigenvalue weighted by Gasteiger charge is 2.31. The first-order valence-corrected chi connectivity index (χ1v) is 10.7. The molecule has 0 spiro atoms.